The zero-order valence-corrected chi connectivity index (χ0v) is 8.84. The number of benzene rings is 1. The number of Topliss-reactive ketones (excluding diaryl/α,β-unsaturated/α-hetero) is 1. The average molecular weight is 232 g/mol. The lowest BCUT2D eigenvalue weighted by atomic mass is 9.99. The number of nitrogens with one attached hydrogen (secondary N) is 1. The Morgan fingerprint density at radius 1 is 1.12 bits per heavy atom. The molecule has 1 aliphatic carbocycles. The molecule has 0 atom stereocenters. The number of aromatic amines is 1. The Balaban J connectivity index is 2.43. The number of hydrogen-bond acceptors (Lipinski definition) is 2. The number of carbonyl (C=O) groups excluding carboxylic acids is 2. The van der Waals surface area contributed by atoms with Crippen molar-refractivity contribution in [1.82, 2.24) is 4.98 Å². The maximum Gasteiger partial charge on any atom is 0.221 e. The largest absolute Gasteiger partial charge is 0.351 e. The van der Waals surface area contributed by atoms with Crippen LogP contribution in [-0.2, 0) is 0 Å². The van der Waals surface area contributed by atoms with Crippen molar-refractivity contribution in [2.45, 2.75) is 0 Å². The first-order chi connectivity index (χ1) is 7.68. The van der Waals surface area contributed by atoms with Crippen molar-refractivity contribution in [1.29, 1.82) is 0 Å². The van der Waals surface area contributed by atoms with Crippen LogP contribution in [0.3, 0.4) is 0 Å². The van der Waals surface area contributed by atoms with Gasteiger partial charge in [-0.15, -0.1) is 0 Å². The van der Waals surface area contributed by atoms with E-state index in [1.54, 1.807) is 0 Å². The molecule has 0 spiro atoms. The molecule has 0 aliphatic heterocycles. The number of aromatic nitrogens is 1. The fourth-order valence-corrected chi connectivity index (χ4v) is 2.13. The summed E-state index contributed by atoms with van der Waals surface area (Å²) in [5, 5.41) is 0.723. The highest BCUT2D eigenvalue weighted by atomic mass is 35.5. The van der Waals surface area contributed by atoms with E-state index in [0.717, 1.165) is 10.9 Å². The summed E-state index contributed by atoms with van der Waals surface area (Å²) in [5.41, 5.74) is 1.48. The molecule has 1 aromatic heterocycles. The zero-order chi connectivity index (χ0) is 11.3. The highest BCUT2D eigenvalue weighted by molar-refractivity contribution is 6.49. The van der Waals surface area contributed by atoms with Crippen LogP contribution in [0.15, 0.2) is 35.4 Å². The van der Waals surface area contributed by atoms with Crippen LogP contribution in [0.25, 0.3) is 10.9 Å². The summed E-state index contributed by atoms with van der Waals surface area (Å²) in [6.07, 6.45) is 1.17. The second-order valence-electron chi connectivity index (χ2n) is 3.61. The Kier molecular flexibility index (Phi) is 1.79. The molecule has 1 N–H and O–H groups in total. The van der Waals surface area contributed by atoms with Gasteiger partial charge in [-0.2, -0.15) is 0 Å². The minimum atomic E-state index is -0.326. The monoisotopic (exact) mass is 231 g/mol. The number of para-hydroxylation sites is 1. The first-order valence-corrected chi connectivity index (χ1v) is 5.13. The summed E-state index contributed by atoms with van der Waals surface area (Å²) >= 11 is 5.69. The van der Waals surface area contributed by atoms with E-state index in [1.165, 1.54) is 6.08 Å². The van der Waals surface area contributed by atoms with Gasteiger partial charge in [-0.25, -0.2) is 0 Å². The van der Waals surface area contributed by atoms with Crippen LogP contribution >= 0.6 is 11.6 Å². The summed E-state index contributed by atoms with van der Waals surface area (Å²) in [6.45, 7) is 0. The van der Waals surface area contributed by atoms with E-state index in [1.807, 2.05) is 24.3 Å². The predicted molar refractivity (Wildman–Crippen MR) is 60.9 cm³/mol. The van der Waals surface area contributed by atoms with Crippen molar-refractivity contribution in [2.24, 2.45) is 0 Å². The van der Waals surface area contributed by atoms with E-state index in [2.05, 4.69) is 4.98 Å². The molecule has 16 heavy (non-hydrogen) atoms. The van der Waals surface area contributed by atoms with Gasteiger partial charge < -0.3 is 4.98 Å². The molecule has 3 nitrogen and oxygen atoms in total. The Morgan fingerprint density at radius 2 is 1.88 bits per heavy atom. The van der Waals surface area contributed by atoms with Crippen molar-refractivity contribution in [2.75, 3.05) is 0 Å². The molecule has 0 saturated carbocycles. The van der Waals surface area contributed by atoms with Crippen molar-refractivity contribution in [3.05, 3.63) is 46.6 Å². The number of fused-ring (bicyclic) bond motifs is 3. The molecule has 0 fully saturated rings. The highest BCUT2D eigenvalue weighted by Crippen LogP contribution is 2.29. The maximum atomic E-state index is 11.8. The number of halogens is 1. The molecule has 1 heterocycles. The van der Waals surface area contributed by atoms with Gasteiger partial charge in [0.1, 0.15) is 5.69 Å². The van der Waals surface area contributed by atoms with Gasteiger partial charge in [-0.3, -0.25) is 9.59 Å². The highest BCUT2D eigenvalue weighted by Gasteiger charge is 2.28. The van der Waals surface area contributed by atoms with Crippen LogP contribution < -0.4 is 0 Å². The van der Waals surface area contributed by atoms with Gasteiger partial charge in [0.2, 0.25) is 5.78 Å². The summed E-state index contributed by atoms with van der Waals surface area (Å²) in [4.78, 5) is 26.5. The smallest absolute Gasteiger partial charge is 0.221 e. The molecule has 1 aliphatic rings. The van der Waals surface area contributed by atoms with E-state index in [-0.39, 0.29) is 16.6 Å². The first kappa shape index (κ1) is 9.36. The topological polar surface area (TPSA) is 49.9 Å². The molecule has 2 aromatic rings. The minimum Gasteiger partial charge on any atom is -0.351 e. The molecule has 0 radical (unpaired) electrons. The normalized spacial score (nSPS) is 15.2. The van der Waals surface area contributed by atoms with Gasteiger partial charge in [0, 0.05) is 17.0 Å². The molecule has 0 bridgehead atoms. The number of H-pyrrole nitrogens is 1. The van der Waals surface area contributed by atoms with E-state index < -0.39 is 0 Å². The Bertz CT molecular complexity index is 667. The van der Waals surface area contributed by atoms with E-state index in [9.17, 15) is 9.59 Å². The lowest BCUT2D eigenvalue weighted by Crippen LogP contribution is -2.13. The summed E-state index contributed by atoms with van der Waals surface area (Å²) < 4.78 is 0. The number of rotatable bonds is 0. The predicted octanol–water partition coefficient (Wildman–Crippen LogP) is 2.67. The van der Waals surface area contributed by atoms with Crippen LogP contribution in [-0.4, -0.2) is 16.6 Å². The standard InChI is InChI=1S/C12H6ClNO2/c13-7-5-9(15)10-6-3-1-2-4-8(6)14-11(10)12(7)16/h1-5,14H. The van der Waals surface area contributed by atoms with Crippen LogP contribution in [0.5, 0.6) is 0 Å². The molecule has 1 aromatic carbocycles. The summed E-state index contributed by atoms with van der Waals surface area (Å²) in [5.74, 6) is -0.551. The lowest BCUT2D eigenvalue weighted by Gasteiger charge is -2.05. The molecule has 3 rings (SSSR count). The van der Waals surface area contributed by atoms with Crippen molar-refractivity contribution < 1.29 is 9.59 Å². The fourth-order valence-electron chi connectivity index (χ4n) is 1.94. The molecule has 0 amide bonds. The van der Waals surface area contributed by atoms with Crippen molar-refractivity contribution >= 4 is 34.1 Å². The summed E-state index contributed by atoms with van der Waals surface area (Å²) in [7, 11) is 0. The minimum absolute atomic E-state index is 0.0379. The molecule has 4 heteroatoms. The summed E-state index contributed by atoms with van der Waals surface area (Å²) in [6, 6.07) is 7.30. The molecule has 0 unspecified atom stereocenters. The molecule has 78 valence electrons. The third kappa shape index (κ3) is 1.09. The SMILES string of the molecule is O=C1C(Cl)=CC(=O)c2c1[nH]c1ccccc21. The Hall–Kier alpha value is -1.87. The quantitative estimate of drug-likeness (QED) is 0.758. The fraction of sp³-hybridized carbons (Fsp3) is 0. The Labute approximate surface area is 95.7 Å². The number of ketones is 2. The second kappa shape index (κ2) is 3.06. The van der Waals surface area contributed by atoms with Gasteiger partial charge in [-0.05, 0) is 6.07 Å². The lowest BCUT2D eigenvalue weighted by molar-refractivity contribution is 0.0989. The van der Waals surface area contributed by atoms with Crippen molar-refractivity contribution in [3.8, 4) is 0 Å². The van der Waals surface area contributed by atoms with Crippen LogP contribution in [0.2, 0.25) is 0 Å². The first-order valence-electron chi connectivity index (χ1n) is 4.75. The molecular weight excluding hydrogens is 226 g/mol. The average Bonchev–Trinajstić information content (AvgIpc) is 2.65. The number of hydrogen-bond donors (Lipinski definition) is 1. The third-order valence-electron chi connectivity index (χ3n) is 2.65. The van der Waals surface area contributed by atoms with E-state index in [4.69, 9.17) is 11.6 Å². The van der Waals surface area contributed by atoms with Gasteiger partial charge >= 0.3 is 0 Å². The maximum absolute atomic E-state index is 11.8. The Morgan fingerprint density at radius 3 is 2.69 bits per heavy atom. The van der Waals surface area contributed by atoms with E-state index in [0.29, 0.717) is 11.3 Å². The van der Waals surface area contributed by atoms with Crippen LogP contribution in [0.1, 0.15) is 20.8 Å². The van der Waals surface area contributed by atoms with Crippen LogP contribution in [0, 0.1) is 0 Å². The van der Waals surface area contributed by atoms with Crippen LogP contribution in [0.4, 0.5) is 0 Å². The molecule has 0 saturated heterocycles. The third-order valence-corrected chi connectivity index (χ3v) is 2.94. The van der Waals surface area contributed by atoms with Crippen molar-refractivity contribution in [3.63, 3.8) is 0 Å². The number of carbonyl (C=O) groups is 2. The van der Waals surface area contributed by atoms with Gasteiger partial charge in [0.15, 0.2) is 5.78 Å². The molecular formula is C12H6ClNO2. The zero-order valence-electron chi connectivity index (χ0n) is 8.08. The second-order valence-corrected chi connectivity index (χ2v) is 4.01. The van der Waals surface area contributed by atoms with Gasteiger partial charge in [-0.1, -0.05) is 29.8 Å². The van der Waals surface area contributed by atoms with E-state index >= 15 is 0 Å². The number of allylic oxidation sites excluding steroid dienone is 2. The van der Waals surface area contributed by atoms with Gasteiger partial charge in [0.05, 0.1) is 10.6 Å². The van der Waals surface area contributed by atoms with Gasteiger partial charge in [0.25, 0.3) is 0 Å².